The van der Waals surface area contributed by atoms with Gasteiger partial charge in [0.1, 0.15) is 0 Å². The molecule has 1 aromatic heterocycles. The fourth-order valence-corrected chi connectivity index (χ4v) is 1.92. The van der Waals surface area contributed by atoms with Gasteiger partial charge >= 0.3 is 5.97 Å². The van der Waals surface area contributed by atoms with Crippen LogP contribution in [0.1, 0.15) is 30.0 Å². The number of fused-ring (bicyclic) bond motifs is 1. The zero-order valence-corrected chi connectivity index (χ0v) is 7.53. The predicted molar refractivity (Wildman–Crippen MR) is 46.5 cm³/mol. The molecule has 1 atom stereocenters. The zero-order chi connectivity index (χ0) is 9.42. The third-order valence-corrected chi connectivity index (χ3v) is 2.52. The minimum atomic E-state index is -0.728. The van der Waals surface area contributed by atoms with Gasteiger partial charge < -0.3 is 5.11 Å². The summed E-state index contributed by atoms with van der Waals surface area (Å²) in [7, 11) is 1.83. The van der Waals surface area contributed by atoms with Crippen LogP contribution in [0.25, 0.3) is 0 Å². The van der Waals surface area contributed by atoms with Gasteiger partial charge in [0.05, 0.1) is 11.6 Å². The molecular formula is C9H12N2O2. The number of rotatable bonds is 1. The van der Waals surface area contributed by atoms with Crippen LogP contribution in [0.15, 0.2) is 6.20 Å². The maximum atomic E-state index is 10.9. The number of aromatic nitrogens is 2. The Hall–Kier alpha value is -1.32. The Morgan fingerprint density at radius 1 is 1.77 bits per heavy atom. The number of hydrogen-bond acceptors (Lipinski definition) is 2. The fourth-order valence-electron chi connectivity index (χ4n) is 1.92. The molecule has 0 radical (unpaired) electrons. The third-order valence-electron chi connectivity index (χ3n) is 2.52. The average molecular weight is 180 g/mol. The van der Waals surface area contributed by atoms with E-state index in [1.165, 1.54) is 0 Å². The second-order valence-electron chi connectivity index (χ2n) is 3.49. The number of carboxylic acid groups (broad SMARTS) is 1. The summed E-state index contributed by atoms with van der Waals surface area (Å²) in [4.78, 5) is 10.9. The van der Waals surface area contributed by atoms with Gasteiger partial charge in [-0.3, -0.25) is 9.48 Å². The van der Waals surface area contributed by atoms with Crippen molar-refractivity contribution in [2.45, 2.75) is 25.2 Å². The second-order valence-corrected chi connectivity index (χ2v) is 3.49. The summed E-state index contributed by atoms with van der Waals surface area (Å²) >= 11 is 0. The lowest BCUT2D eigenvalue weighted by Gasteiger charge is -2.16. The molecule has 0 spiro atoms. The number of carbonyl (C=O) groups is 1. The summed E-state index contributed by atoms with van der Waals surface area (Å²) in [5.74, 6) is -1.06. The van der Waals surface area contributed by atoms with Crippen molar-refractivity contribution in [2.24, 2.45) is 7.05 Å². The molecule has 13 heavy (non-hydrogen) atoms. The van der Waals surface area contributed by atoms with Crippen molar-refractivity contribution < 1.29 is 9.90 Å². The van der Waals surface area contributed by atoms with Crippen molar-refractivity contribution in [1.82, 2.24) is 9.78 Å². The van der Waals surface area contributed by atoms with Crippen LogP contribution in [0.2, 0.25) is 0 Å². The lowest BCUT2D eigenvalue weighted by atomic mass is 9.87. The first-order chi connectivity index (χ1) is 6.18. The molecule has 0 fully saturated rings. The summed E-state index contributed by atoms with van der Waals surface area (Å²) in [6.45, 7) is 0. The van der Waals surface area contributed by atoms with Gasteiger partial charge in [0, 0.05) is 18.8 Å². The maximum Gasteiger partial charge on any atom is 0.311 e. The quantitative estimate of drug-likeness (QED) is 0.699. The molecule has 1 N–H and O–H groups in total. The SMILES string of the molecule is Cn1cc2c(n1)CCCC2C(=O)O. The van der Waals surface area contributed by atoms with Gasteiger partial charge in [-0.15, -0.1) is 0 Å². The topological polar surface area (TPSA) is 55.1 Å². The summed E-state index contributed by atoms with van der Waals surface area (Å²) in [6.07, 6.45) is 4.42. The van der Waals surface area contributed by atoms with E-state index in [1.807, 2.05) is 13.2 Å². The lowest BCUT2D eigenvalue weighted by Crippen LogP contribution is -2.16. The standard InChI is InChI=1S/C9H12N2O2/c1-11-5-7-6(9(12)13)3-2-4-8(7)10-11/h5-6H,2-4H2,1H3,(H,12,13). The van der Waals surface area contributed by atoms with E-state index in [0.717, 1.165) is 30.5 Å². The highest BCUT2D eigenvalue weighted by Gasteiger charge is 2.28. The zero-order valence-electron chi connectivity index (χ0n) is 7.53. The highest BCUT2D eigenvalue weighted by Crippen LogP contribution is 2.30. The number of carboxylic acids is 1. The Labute approximate surface area is 76.2 Å². The van der Waals surface area contributed by atoms with E-state index < -0.39 is 5.97 Å². The highest BCUT2D eigenvalue weighted by molar-refractivity contribution is 5.76. The van der Waals surface area contributed by atoms with E-state index in [-0.39, 0.29) is 5.92 Å². The van der Waals surface area contributed by atoms with Crippen molar-refractivity contribution in [3.63, 3.8) is 0 Å². The Morgan fingerprint density at radius 2 is 2.54 bits per heavy atom. The molecule has 0 aliphatic heterocycles. The van der Waals surface area contributed by atoms with Crippen LogP contribution in [0.4, 0.5) is 0 Å². The van der Waals surface area contributed by atoms with E-state index >= 15 is 0 Å². The molecule has 70 valence electrons. The van der Waals surface area contributed by atoms with Crippen LogP contribution in [-0.4, -0.2) is 20.9 Å². The summed E-state index contributed by atoms with van der Waals surface area (Å²) in [6, 6.07) is 0. The molecule has 1 heterocycles. The van der Waals surface area contributed by atoms with Gasteiger partial charge in [-0.2, -0.15) is 5.10 Å². The number of aliphatic carboxylic acids is 1. The molecule has 0 bridgehead atoms. The van der Waals surface area contributed by atoms with Gasteiger partial charge in [0.15, 0.2) is 0 Å². The highest BCUT2D eigenvalue weighted by atomic mass is 16.4. The smallest absolute Gasteiger partial charge is 0.311 e. The average Bonchev–Trinajstić information content (AvgIpc) is 2.43. The van der Waals surface area contributed by atoms with Crippen LogP contribution < -0.4 is 0 Å². The van der Waals surface area contributed by atoms with E-state index in [1.54, 1.807) is 4.68 Å². The Morgan fingerprint density at radius 3 is 3.23 bits per heavy atom. The summed E-state index contributed by atoms with van der Waals surface area (Å²) in [5, 5.41) is 13.2. The van der Waals surface area contributed by atoms with E-state index in [4.69, 9.17) is 5.11 Å². The van der Waals surface area contributed by atoms with Gasteiger partial charge in [0.25, 0.3) is 0 Å². The third kappa shape index (κ3) is 1.32. The molecule has 0 saturated heterocycles. The molecule has 4 nitrogen and oxygen atoms in total. The van der Waals surface area contributed by atoms with Crippen molar-refractivity contribution >= 4 is 5.97 Å². The summed E-state index contributed by atoms with van der Waals surface area (Å²) < 4.78 is 1.70. The van der Waals surface area contributed by atoms with Crippen LogP contribution in [-0.2, 0) is 18.3 Å². The molecular weight excluding hydrogens is 168 g/mol. The lowest BCUT2D eigenvalue weighted by molar-refractivity contribution is -0.139. The van der Waals surface area contributed by atoms with Crippen LogP contribution >= 0.6 is 0 Å². The fraction of sp³-hybridized carbons (Fsp3) is 0.556. The minimum Gasteiger partial charge on any atom is -0.481 e. The first-order valence-electron chi connectivity index (χ1n) is 4.43. The Kier molecular flexibility index (Phi) is 1.83. The molecule has 0 amide bonds. The van der Waals surface area contributed by atoms with E-state index in [0.29, 0.717) is 0 Å². The molecule has 0 aromatic carbocycles. The molecule has 4 heteroatoms. The normalized spacial score (nSPS) is 21.2. The molecule has 1 aliphatic rings. The maximum absolute atomic E-state index is 10.9. The summed E-state index contributed by atoms with van der Waals surface area (Å²) in [5.41, 5.74) is 1.86. The number of hydrogen-bond donors (Lipinski definition) is 1. The van der Waals surface area contributed by atoms with Crippen LogP contribution in [0.3, 0.4) is 0 Å². The molecule has 1 unspecified atom stereocenters. The van der Waals surface area contributed by atoms with E-state index in [2.05, 4.69) is 5.10 Å². The first kappa shape index (κ1) is 8.29. The van der Waals surface area contributed by atoms with Gasteiger partial charge in [-0.1, -0.05) is 0 Å². The Bertz CT molecular complexity index is 343. The number of nitrogens with zero attached hydrogens (tertiary/aromatic N) is 2. The van der Waals surface area contributed by atoms with Crippen molar-refractivity contribution in [2.75, 3.05) is 0 Å². The van der Waals surface area contributed by atoms with Crippen molar-refractivity contribution in [3.8, 4) is 0 Å². The molecule has 1 aromatic rings. The second kappa shape index (κ2) is 2.87. The predicted octanol–water partition coefficient (Wildman–Crippen LogP) is 0.925. The van der Waals surface area contributed by atoms with Crippen molar-refractivity contribution in [1.29, 1.82) is 0 Å². The van der Waals surface area contributed by atoms with Gasteiger partial charge in [-0.05, 0) is 19.3 Å². The molecule has 1 aliphatic carbocycles. The van der Waals surface area contributed by atoms with E-state index in [9.17, 15) is 4.79 Å². The minimum absolute atomic E-state index is 0.336. The first-order valence-corrected chi connectivity index (χ1v) is 4.43. The van der Waals surface area contributed by atoms with Crippen molar-refractivity contribution in [3.05, 3.63) is 17.5 Å². The van der Waals surface area contributed by atoms with Gasteiger partial charge in [0.2, 0.25) is 0 Å². The van der Waals surface area contributed by atoms with Gasteiger partial charge in [-0.25, -0.2) is 0 Å². The molecule has 2 rings (SSSR count). The van der Waals surface area contributed by atoms with Crippen LogP contribution in [0, 0.1) is 0 Å². The number of aryl methyl sites for hydroxylation is 2. The molecule has 0 saturated carbocycles. The van der Waals surface area contributed by atoms with Crippen LogP contribution in [0.5, 0.6) is 0 Å². The monoisotopic (exact) mass is 180 g/mol. The Balaban J connectivity index is 2.41. The largest absolute Gasteiger partial charge is 0.481 e.